The lowest BCUT2D eigenvalue weighted by Gasteiger charge is -2.39. The summed E-state index contributed by atoms with van der Waals surface area (Å²) in [5.74, 6) is 0.666. The van der Waals surface area contributed by atoms with Gasteiger partial charge in [0, 0.05) is 23.4 Å². The number of aryl methyl sites for hydroxylation is 4. The number of amides is 1. The first-order valence-electron chi connectivity index (χ1n) is 9.60. The van der Waals surface area contributed by atoms with E-state index in [4.69, 9.17) is 4.74 Å². The fourth-order valence-corrected chi connectivity index (χ4v) is 4.10. The second-order valence-corrected chi connectivity index (χ2v) is 8.00. The Hall–Kier alpha value is -2.56. The van der Waals surface area contributed by atoms with Crippen molar-refractivity contribution in [3.8, 4) is 5.75 Å². The topological polar surface area (TPSA) is 51.5 Å². The molecule has 2 heterocycles. The van der Waals surface area contributed by atoms with Gasteiger partial charge in [-0.2, -0.15) is 0 Å². The van der Waals surface area contributed by atoms with E-state index in [9.17, 15) is 9.59 Å². The molecule has 1 aromatic carbocycles. The molecule has 2 aliphatic rings. The summed E-state index contributed by atoms with van der Waals surface area (Å²) in [5.41, 5.74) is 4.94. The molecule has 0 radical (unpaired) electrons. The summed E-state index contributed by atoms with van der Waals surface area (Å²) in [4.78, 5) is 27.0. The van der Waals surface area contributed by atoms with Crippen molar-refractivity contribution >= 4 is 5.91 Å². The van der Waals surface area contributed by atoms with Crippen molar-refractivity contribution in [2.24, 2.45) is 0 Å². The lowest BCUT2D eigenvalue weighted by molar-refractivity contribution is 0.0175. The van der Waals surface area contributed by atoms with Crippen molar-refractivity contribution in [3.05, 3.63) is 62.6 Å². The quantitative estimate of drug-likeness (QED) is 0.834. The summed E-state index contributed by atoms with van der Waals surface area (Å²) in [6, 6.07) is 7.96. The maximum absolute atomic E-state index is 12.8. The van der Waals surface area contributed by atoms with Gasteiger partial charge in [0.05, 0.1) is 13.1 Å². The van der Waals surface area contributed by atoms with Crippen molar-refractivity contribution in [3.63, 3.8) is 0 Å². The molecule has 2 aromatic rings. The lowest BCUT2D eigenvalue weighted by Crippen LogP contribution is -2.56. The highest BCUT2D eigenvalue weighted by Gasteiger charge is 2.34. The Labute approximate surface area is 159 Å². The van der Waals surface area contributed by atoms with E-state index in [-0.39, 0.29) is 17.6 Å². The minimum atomic E-state index is -0.0596. The molecule has 4 rings (SSSR count). The third-order valence-electron chi connectivity index (χ3n) is 5.48. The average molecular weight is 366 g/mol. The van der Waals surface area contributed by atoms with Gasteiger partial charge in [-0.1, -0.05) is 17.7 Å². The summed E-state index contributed by atoms with van der Waals surface area (Å²) in [5, 5.41) is 0. The number of hydrogen-bond acceptors (Lipinski definition) is 3. The molecule has 5 nitrogen and oxygen atoms in total. The Bertz CT molecular complexity index is 943. The van der Waals surface area contributed by atoms with E-state index in [1.165, 1.54) is 5.56 Å². The Morgan fingerprint density at radius 1 is 1.00 bits per heavy atom. The fourth-order valence-electron chi connectivity index (χ4n) is 4.10. The molecule has 0 bridgehead atoms. The van der Waals surface area contributed by atoms with Gasteiger partial charge in [0.25, 0.3) is 11.5 Å². The van der Waals surface area contributed by atoms with Crippen LogP contribution in [0.3, 0.4) is 0 Å². The molecule has 2 fully saturated rings. The second-order valence-electron chi connectivity index (χ2n) is 8.00. The molecule has 1 amide bonds. The molecule has 142 valence electrons. The Balaban J connectivity index is 1.42. The van der Waals surface area contributed by atoms with Crippen molar-refractivity contribution in [2.75, 3.05) is 13.1 Å². The summed E-state index contributed by atoms with van der Waals surface area (Å²) in [6.07, 6.45) is 2.10. The summed E-state index contributed by atoms with van der Waals surface area (Å²) >= 11 is 0. The van der Waals surface area contributed by atoms with Crippen LogP contribution in [0.1, 0.15) is 51.6 Å². The predicted octanol–water partition coefficient (Wildman–Crippen LogP) is 3.32. The third kappa shape index (κ3) is 3.38. The van der Waals surface area contributed by atoms with Gasteiger partial charge < -0.3 is 14.2 Å². The van der Waals surface area contributed by atoms with Gasteiger partial charge in [-0.15, -0.1) is 0 Å². The van der Waals surface area contributed by atoms with Crippen LogP contribution in [0.4, 0.5) is 0 Å². The molecule has 0 N–H and O–H groups in total. The normalized spacial score (nSPS) is 17.0. The van der Waals surface area contributed by atoms with Crippen LogP contribution in [-0.2, 0) is 0 Å². The first-order chi connectivity index (χ1) is 12.8. The number of aromatic nitrogens is 1. The van der Waals surface area contributed by atoms with Crippen LogP contribution in [0.15, 0.2) is 29.1 Å². The van der Waals surface area contributed by atoms with Crippen molar-refractivity contribution < 1.29 is 9.53 Å². The van der Waals surface area contributed by atoms with Crippen LogP contribution in [0, 0.1) is 27.7 Å². The van der Waals surface area contributed by atoms with Gasteiger partial charge in [-0.05, 0) is 57.7 Å². The van der Waals surface area contributed by atoms with Crippen LogP contribution in [-0.4, -0.2) is 34.6 Å². The molecular formula is C22H26N2O3. The van der Waals surface area contributed by atoms with Crippen LogP contribution < -0.4 is 10.3 Å². The summed E-state index contributed by atoms with van der Waals surface area (Å²) in [6.45, 7) is 9.07. The zero-order chi connectivity index (χ0) is 19.3. The first kappa shape index (κ1) is 17.8. The molecule has 1 aliphatic carbocycles. The molecule has 27 heavy (non-hydrogen) atoms. The summed E-state index contributed by atoms with van der Waals surface area (Å²) in [7, 11) is 0. The highest BCUT2D eigenvalue weighted by atomic mass is 16.5. The molecule has 1 saturated heterocycles. The monoisotopic (exact) mass is 366 g/mol. The third-order valence-corrected chi connectivity index (χ3v) is 5.48. The number of carbonyl (C=O) groups excluding carboxylic acids is 1. The zero-order valence-electron chi connectivity index (χ0n) is 16.4. The van der Waals surface area contributed by atoms with E-state index < -0.39 is 0 Å². The lowest BCUT2D eigenvalue weighted by atomic mass is 9.97. The number of nitrogens with zero attached hydrogens (tertiary/aromatic N) is 2. The number of likely N-dealkylation sites (tertiary alicyclic amines) is 1. The SMILES string of the molecule is Cc1cc(C)c(C(=O)N2CC(Oc3cc(C)n(C4CC4)c(=O)c3)C2)c(C)c1. The molecule has 0 unspecified atom stereocenters. The zero-order valence-corrected chi connectivity index (χ0v) is 16.4. The van der Waals surface area contributed by atoms with E-state index in [1.807, 2.05) is 55.4 Å². The van der Waals surface area contributed by atoms with Gasteiger partial charge in [0.1, 0.15) is 11.9 Å². The molecule has 1 aliphatic heterocycles. The minimum absolute atomic E-state index is 0.00524. The van der Waals surface area contributed by atoms with E-state index in [1.54, 1.807) is 6.07 Å². The second kappa shape index (κ2) is 6.55. The predicted molar refractivity (Wildman–Crippen MR) is 105 cm³/mol. The van der Waals surface area contributed by atoms with Crippen molar-refractivity contribution in [1.82, 2.24) is 9.47 Å². The highest BCUT2D eigenvalue weighted by molar-refractivity contribution is 5.97. The number of hydrogen-bond donors (Lipinski definition) is 0. The van der Waals surface area contributed by atoms with Crippen LogP contribution in [0.2, 0.25) is 0 Å². The van der Waals surface area contributed by atoms with Gasteiger partial charge >= 0.3 is 0 Å². The van der Waals surface area contributed by atoms with Crippen LogP contribution in [0.5, 0.6) is 5.75 Å². The van der Waals surface area contributed by atoms with Crippen LogP contribution >= 0.6 is 0 Å². The maximum atomic E-state index is 12.8. The molecule has 0 atom stereocenters. The van der Waals surface area contributed by atoms with E-state index in [0.29, 0.717) is 24.9 Å². The fraction of sp³-hybridized carbons (Fsp3) is 0.455. The van der Waals surface area contributed by atoms with Gasteiger partial charge in [0.15, 0.2) is 0 Å². The van der Waals surface area contributed by atoms with Gasteiger partial charge in [0.2, 0.25) is 0 Å². The minimum Gasteiger partial charge on any atom is -0.486 e. The molecule has 0 spiro atoms. The van der Waals surface area contributed by atoms with Crippen LogP contribution in [0.25, 0.3) is 0 Å². The Morgan fingerprint density at radius 2 is 1.63 bits per heavy atom. The molecular weight excluding hydrogens is 340 g/mol. The molecule has 1 aromatic heterocycles. The van der Waals surface area contributed by atoms with E-state index >= 15 is 0 Å². The van der Waals surface area contributed by atoms with Crippen molar-refractivity contribution in [2.45, 2.75) is 52.7 Å². The standard InChI is InChI=1S/C22H26N2O3/c1-13-7-14(2)21(15(3)8-13)22(26)23-11-19(12-23)27-18-9-16(4)24(17-5-6-17)20(25)10-18/h7-10,17,19H,5-6,11-12H2,1-4H3. The largest absolute Gasteiger partial charge is 0.486 e. The maximum Gasteiger partial charge on any atom is 0.254 e. The van der Waals surface area contributed by atoms with E-state index in [0.717, 1.165) is 35.2 Å². The van der Waals surface area contributed by atoms with Gasteiger partial charge in [-0.25, -0.2) is 0 Å². The number of benzene rings is 1. The number of ether oxygens (including phenoxy) is 1. The highest BCUT2D eigenvalue weighted by Crippen LogP contribution is 2.35. The van der Waals surface area contributed by atoms with Gasteiger partial charge in [-0.3, -0.25) is 9.59 Å². The van der Waals surface area contributed by atoms with Crippen molar-refractivity contribution in [1.29, 1.82) is 0 Å². The summed E-state index contributed by atoms with van der Waals surface area (Å²) < 4.78 is 7.81. The number of carbonyl (C=O) groups is 1. The molecule has 5 heteroatoms. The number of rotatable bonds is 4. The molecule has 1 saturated carbocycles. The first-order valence-corrected chi connectivity index (χ1v) is 9.60. The Morgan fingerprint density at radius 3 is 2.19 bits per heavy atom. The number of pyridine rings is 1. The average Bonchev–Trinajstić information content (AvgIpc) is 3.33. The Kier molecular flexibility index (Phi) is 4.33. The smallest absolute Gasteiger partial charge is 0.254 e. The van der Waals surface area contributed by atoms with E-state index in [2.05, 4.69) is 0 Å².